The van der Waals surface area contributed by atoms with Crippen molar-refractivity contribution in [1.82, 2.24) is 19.5 Å². The molecule has 2 aromatic heterocycles. The average Bonchev–Trinajstić information content (AvgIpc) is 3.25. The molecule has 0 radical (unpaired) electrons. The summed E-state index contributed by atoms with van der Waals surface area (Å²) in [7, 11) is 0. The fraction of sp³-hybridized carbons (Fsp3) is 0.200. The Morgan fingerprint density at radius 3 is 2.65 bits per heavy atom. The molecule has 2 heterocycles. The summed E-state index contributed by atoms with van der Waals surface area (Å²) in [5, 5.41) is 2.68. The van der Waals surface area contributed by atoms with Gasteiger partial charge in [-0.05, 0) is 55.2 Å². The molecular formula is C25H22F3N5O. The Kier molecular flexibility index (Phi) is 6.45. The largest absolute Gasteiger partial charge is 0.416 e. The van der Waals surface area contributed by atoms with E-state index in [4.69, 9.17) is 0 Å². The Hall–Kier alpha value is -4.01. The number of nitrogens with zero attached hydrogens (tertiary/aromatic N) is 4. The lowest BCUT2D eigenvalue weighted by atomic mass is 9.96. The molecule has 0 aliphatic carbocycles. The van der Waals surface area contributed by atoms with Crippen LogP contribution in [-0.2, 0) is 12.6 Å². The van der Waals surface area contributed by atoms with Crippen molar-refractivity contribution in [1.29, 1.82) is 0 Å². The molecular weight excluding hydrogens is 443 g/mol. The van der Waals surface area contributed by atoms with Gasteiger partial charge in [0, 0.05) is 23.6 Å². The van der Waals surface area contributed by atoms with Gasteiger partial charge in [0.15, 0.2) is 5.82 Å². The van der Waals surface area contributed by atoms with E-state index in [1.165, 1.54) is 12.1 Å². The second-order valence-electron chi connectivity index (χ2n) is 8.05. The lowest BCUT2D eigenvalue weighted by Crippen LogP contribution is -2.14. The smallest absolute Gasteiger partial charge is 0.322 e. The van der Waals surface area contributed by atoms with Gasteiger partial charge < -0.3 is 5.32 Å². The van der Waals surface area contributed by atoms with Crippen molar-refractivity contribution in [2.75, 3.05) is 5.32 Å². The van der Waals surface area contributed by atoms with Crippen molar-refractivity contribution in [2.24, 2.45) is 0 Å². The number of carbonyl (C=O) groups is 1. The molecule has 174 valence electrons. The third-order valence-corrected chi connectivity index (χ3v) is 5.33. The number of benzene rings is 2. The van der Waals surface area contributed by atoms with Crippen LogP contribution < -0.4 is 5.32 Å². The minimum atomic E-state index is -4.51. The number of nitrogens with one attached hydrogen (secondary N) is 1. The van der Waals surface area contributed by atoms with Crippen molar-refractivity contribution >= 4 is 11.6 Å². The zero-order valence-electron chi connectivity index (χ0n) is 18.5. The monoisotopic (exact) mass is 465 g/mol. The summed E-state index contributed by atoms with van der Waals surface area (Å²) < 4.78 is 40.7. The van der Waals surface area contributed by atoms with Crippen molar-refractivity contribution in [3.8, 4) is 5.82 Å². The van der Waals surface area contributed by atoms with Crippen LogP contribution in [0.2, 0.25) is 0 Å². The molecule has 2 aromatic carbocycles. The van der Waals surface area contributed by atoms with Gasteiger partial charge in [-0.15, -0.1) is 0 Å². The second kappa shape index (κ2) is 9.46. The van der Waals surface area contributed by atoms with Gasteiger partial charge in [-0.25, -0.2) is 9.97 Å². The number of carbonyl (C=O) groups excluding carboxylic acids is 1. The van der Waals surface area contributed by atoms with Crippen molar-refractivity contribution in [2.45, 2.75) is 32.4 Å². The molecule has 0 aliphatic rings. The molecule has 0 fully saturated rings. The summed E-state index contributed by atoms with van der Waals surface area (Å²) in [5.41, 5.74) is 2.21. The Bertz CT molecular complexity index is 1320. The summed E-state index contributed by atoms with van der Waals surface area (Å²) in [5.74, 6) is 0.122. The summed E-state index contributed by atoms with van der Waals surface area (Å²) in [6.45, 7) is 3.93. The first-order valence-corrected chi connectivity index (χ1v) is 10.6. The summed E-state index contributed by atoms with van der Waals surface area (Å²) in [6.07, 6.45) is 3.03. The lowest BCUT2D eigenvalue weighted by molar-refractivity contribution is -0.137. The first kappa shape index (κ1) is 23.2. The number of alkyl halides is 3. The van der Waals surface area contributed by atoms with Gasteiger partial charge in [0.2, 0.25) is 0 Å². The molecule has 1 amide bonds. The maximum Gasteiger partial charge on any atom is 0.416 e. The lowest BCUT2D eigenvalue weighted by Gasteiger charge is -2.14. The molecule has 0 aliphatic heterocycles. The van der Waals surface area contributed by atoms with Crippen molar-refractivity contribution in [3.05, 3.63) is 102 Å². The number of halogens is 3. The van der Waals surface area contributed by atoms with Gasteiger partial charge in [0.05, 0.1) is 23.1 Å². The Morgan fingerprint density at radius 1 is 1.12 bits per heavy atom. The molecule has 4 rings (SSSR count). The van der Waals surface area contributed by atoms with E-state index in [0.717, 1.165) is 29.1 Å². The molecule has 0 spiro atoms. The number of amides is 1. The second-order valence-corrected chi connectivity index (χ2v) is 8.05. The van der Waals surface area contributed by atoms with Crippen LogP contribution in [0.3, 0.4) is 0 Å². The van der Waals surface area contributed by atoms with E-state index in [-0.39, 0.29) is 11.5 Å². The SMILES string of the molecule is Cc1cn(-c2cncc(C[C@@H](C)c3cccc(NC(=O)c4cccc(C(F)(F)F)c4)c3)n2)cn1. The summed E-state index contributed by atoms with van der Waals surface area (Å²) in [6, 6.07) is 11.6. The van der Waals surface area contributed by atoms with Crippen LogP contribution >= 0.6 is 0 Å². The van der Waals surface area contributed by atoms with Crippen LogP contribution in [0.15, 0.2) is 73.4 Å². The van der Waals surface area contributed by atoms with E-state index >= 15 is 0 Å². The quantitative estimate of drug-likeness (QED) is 0.403. The van der Waals surface area contributed by atoms with Gasteiger partial charge in [-0.3, -0.25) is 14.3 Å². The molecule has 1 N–H and O–H groups in total. The predicted octanol–water partition coefficient (Wildman–Crippen LogP) is 5.59. The third kappa shape index (κ3) is 5.48. The Labute approximate surface area is 194 Å². The maximum atomic E-state index is 13.0. The number of aryl methyl sites for hydroxylation is 1. The van der Waals surface area contributed by atoms with Crippen molar-refractivity contribution < 1.29 is 18.0 Å². The zero-order valence-corrected chi connectivity index (χ0v) is 18.5. The molecule has 0 unspecified atom stereocenters. The normalized spacial score (nSPS) is 12.4. The number of hydrogen-bond donors (Lipinski definition) is 1. The van der Waals surface area contributed by atoms with Crippen LogP contribution in [0.5, 0.6) is 0 Å². The molecule has 4 aromatic rings. The van der Waals surface area contributed by atoms with E-state index in [2.05, 4.69) is 20.3 Å². The van der Waals surface area contributed by atoms with E-state index < -0.39 is 17.6 Å². The number of anilines is 1. The number of hydrogen-bond acceptors (Lipinski definition) is 4. The van der Waals surface area contributed by atoms with Crippen LogP contribution in [0.1, 0.15) is 45.7 Å². The molecule has 34 heavy (non-hydrogen) atoms. The van der Waals surface area contributed by atoms with Crippen LogP contribution in [-0.4, -0.2) is 25.4 Å². The topological polar surface area (TPSA) is 72.7 Å². The standard InChI is InChI=1S/C25H22F3N5O/c1-16(9-22-12-29-13-23(31-22)33-14-17(2)30-15-33)18-5-4-8-21(11-18)32-24(34)19-6-3-7-20(10-19)25(26,27)28/h3-8,10-16H,9H2,1-2H3,(H,32,34)/t16-/m1/s1. The molecule has 6 nitrogen and oxygen atoms in total. The van der Waals surface area contributed by atoms with Gasteiger partial charge in [-0.1, -0.05) is 25.1 Å². The molecule has 0 saturated heterocycles. The summed E-state index contributed by atoms with van der Waals surface area (Å²) in [4.78, 5) is 25.7. The number of aromatic nitrogens is 4. The minimum absolute atomic E-state index is 0.0551. The third-order valence-electron chi connectivity index (χ3n) is 5.33. The molecule has 0 bridgehead atoms. The molecule has 0 saturated carbocycles. The Morgan fingerprint density at radius 2 is 1.91 bits per heavy atom. The van der Waals surface area contributed by atoms with Gasteiger partial charge in [-0.2, -0.15) is 13.2 Å². The average molecular weight is 465 g/mol. The molecule has 9 heteroatoms. The van der Waals surface area contributed by atoms with Crippen LogP contribution in [0, 0.1) is 6.92 Å². The van der Waals surface area contributed by atoms with E-state index in [9.17, 15) is 18.0 Å². The van der Waals surface area contributed by atoms with Crippen LogP contribution in [0.25, 0.3) is 5.82 Å². The predicted molar refractivity (Wildman–Crippen MR) is 122 cm³/mol. The number of imidazole rings is 1. The van der Waals surface area contributed by atoms with E-state index in [1.807, 2.05) is 32.2 Å². The minimum Gasteiger partial charge on any atom is -0.322 e. The van der Waals surface area contributed by atoms with Crippen molar-refractivity contribution in [3.63, 3.8) is 0 Å². The highest BCUT2D eigenvalue weighted by Crippen LogP contribution is 2.30. The first-order valence-electron chi connectivity index (χ1n) is 10.6. The fourth-order valence-electron chi connectivity index (χ4n) is 3.56. The van der Waals surface area contributed by atoms with Gasteiger partial charge in [0.1, 0.15) is 6.33 Å². The molecule has 1 atom stereocenters. The van der Waals surface area contributed by atoms with Gasteiger partial charge in [0.25, 0.3) is 5.91 Å². The summed E-state index contributed by atoms with van der Waals surface area (Å²) >= 11 is 0. The van der Waals surface area contributed by atoms with Gasteiger partial charge >= 0.3 is 6.18 Å². The maximum absolute atomic E-state index is 13.0. The highest BCUT2D eigenvalue weighted by molar-refractivity contribution is 6.04. The van der Waals surface area contributed by atoms with E-state index in [0.29, 0.717) is 17.9 Å². The fourth-order valence-corrected chi connectivity index (χ4v) is 3.56. The van der Waals surface area contributed by atoms with E-state index in [1.54, 1.807) is 35.4 Å². The Balaban J connectivity index is 1.47. The number of rotatable bonds is 6. The zero-order chi connectivity index (χ0) is 24.3. The van der Waals surface area contributed by atoms with Crippen LogP contribution in [0.4, 0.5) is 18.9 Å². The highest BCUT2D eigenvalue weighted by atomic mass is 19.4. The first-order chi connectivity index (χ1) is 16.2. The highest BCUT2D eigenvalue weighted by Gasteiger charge is 2.30.